The zero-order chi connectivity index (χ0) is 46.8. The monoisotopic (exact) mass is 869 g/mol. The van der Waals surface area contributed by atoms with Crippen molar-refractivity contribution in [3.8, 4) is 11.1 Å². The quantitative estimate of drug-likeness (QED) is 0.165. The summed E-state index contributed by atoms with van der Waals surface area (Å²) < 4.78 is 7.63. The van der Waals surface area contributed by atoms with Crippen LogP contribution in [0.25, 0.3) is 22.1 Å². The Bertz CT molecular complexity index is 3160. The lowest BCUT2D eigenvalue weighted by Gasteiger charge is -2.47. The van der Waals surface area contributed by atoms with Crippen LogP contribution in [0.5, 0.6) is 0 Å². The van der Waals surface area contributed by atoms with Gasteiger partial charge in [-0.25, -0.2) is 0 Å². The van der Waals surface area contributed by atoms with E-state index in [-0.39, 0.29) is 33.8 Å². The summed E-state index contributed by atoms with van der Waals surface area (Å²) >= 11 is 0. The highest BCUT2D eigenvalue weighted by molar-refractivity contribution is 7.00. The van der Waals surface area contributed by atoms with E-state index >= 15 is 0 Å². The molecule has 336 valence electrons. The molecule has 0 amide bonds. The van der Waals surface area contributed by atoms with Gasteiger partial charge in [0.1, 0.15) is 5.58 Å². The smallest absolute Gasteiger partial charge is 0.297 e. The molecule has 0 N–H and O–H groups in total. The number of hydrogen-bond acceptors (Lipinski definition) is 3. The molecule has 1 aromatic heterocycles. The third-order valence-corrected chi connectivity index (χ3v) is 17.0. The molecular formula is C62H69BN2O. The average Bonchev–Trinajstić information content (AvgIpc) is 3.62. The number of rotatable bonds is 3. The van der Waals surface area contributed by atoms with E-state index in [1.807, 2.05) is 0 Å². The van der Waals surface area contributed by atoms with Crippen LogP contribution in [0.3, 0.4) is 0 Å². The fourth-order valence-electron chi connectivity index (χ4n) is 12.7. The van der Waals surface area contributed by atoms with Crippen LogP contribution in [0, 0.1) is 27.7 Å². The third kappa shape index (κ3) is 6.29. The van der Waals surface area contributed by atoms with Crippen molar-refractivity contribution in [2.24, 2.45) is 0 Å². The summed E-state index contributed by atoms with van der Waals surface area (Å²) in [6.45, 7) is 35.5. The van der Waals surface area contributed by atoms with Crippen molar-refractivity contribution in [2.75, 3.05) is 9.80 Å². The van der Waals surface area contributed by atoms with Gasteiger partial charge in [0.15, 0.2) is 0 Å². The van der Waals surface area contributed by atoms with Crippen LogP contribution in [0.4, 0.5) is 34.1 Å². The van der Waals surface area contributed by atoms with E-state index in [9.17, 15) is 0 Å². The molecule has 4 heteroatoms. The Labute approximate surface area is 395 Å². The molecule has 0 unspecified atom stereocenters. The number of aryl methyl sites for hydroxylation is 4. The second-order valence-electron chi connectivity index (χ2n) is 24.6. The number of nitrogens with zero attached hydrogens (tertiary/aromatic N) is 2. The first kappa shape index (κ1) is 43.1. The van der Waals surface area contributed by atoms with Gasteiger partial charge >= 0.3 is 0 Å². The van der Waals surface area contributed by atoms with Crippen molar-refractivity contribution in [2.45, 2.75) is 157 Å². The molecule has 4 aliphatic rings. The highest BCUT2D eigenvalue weighted by atomic mass is 16.3. The van der Waals surface area contributed by atoms with Crippen LogP contribution >= 0.6 is 0 Å². The molecule has 0 saturated carbocycles. The normalized spacial score (nSPS) is 18.4. The van der Waals surface area contributed by atoms with Gasteiger partial charge in [-0.05, 0) is 201 Å². The van der Waals surface area contributed by atoms with Crippen LogP contribution in [0.1, 0.15) is 152 Å². The largest absolute Gasteiger partial charge is 0.468 e. The minimum Gasteiger partial charge on any atom is -0.468 e. The van der Waals surface area contributed by atoms with Crippen LogP contribution in [-0.2, 0) is 27.1 Å². The first-order valence-corrected chi connectivity index (χ1v) is 24.8. The number of anilines is 6. The van der Waals surface area contributed by atoms with Crippen molar-refractivity contribution in [3.05, 3.63) is 147 Å². The van der Waals surface area contributed by atoms with Crippen molar-refractivity contribution in [1.82, 2.24) is 0 Å². The fourth-order valence-corrected chi connectivity index (χ4v) is 12.7. The van der Waals surface area contributed by atoms with E-state index in [1.165, 1.54) is 106 Å². The predicted molar refractivity (Wildman–Crippen MR) is 284 cm³/mol. The van der Waals surface area contributed by atoms with E-state index in [4.69, 9.17) is 4.42 Å². The minimum atomic E-state index is -0.111. The van der Waals surface area contributed by atoms with Crippen LogP contribution < -0.4 is 26.4 Å². The topological polar surface area (TPSA) is 19.6 Å². The van der Waals surface area contributed by atoms with Gasteiger partial charge in [-0.15, -0.1) is 0 Å². The van der Waals surface area contributed by atoms with Gasteiger partial charge in [-0.1, -0.05) is 125 Å². The second kappa shape index (κ2) is 14.0. The number of benzene rings is 6. The Morgan fingerprint density at radius 2 is 1.08 bits per heavy atom. The van der Waals surface area contributed by atoms with E-state index in [2.05, 4.69) is 211 Å². The van der Waals surface area contributed by atoms with Crippen LogP contribution in [0.15, 0.2) is 101 Å². The molecule has 2 aliphatic carbocycles. The molecule has 3 heterocycles. The van der Waals surface area contributed by atoms with Crippen LogP contribution in [-0.4, -0.2) is 6.71 Å². The average molecular weight is 869 g/mol. The summed E-state index contributed by atoms with van der Waals surface area (Å²) in [5.74, 6) is 0. The lowest BCUT2D eigenvalue weighted by molar-refractivity contribution is 0.332. The summed E-state index contributed by atoms with van der Waals surface area (Å²) in [6.07, 6.45) is 4.63. The SMILES string of the molecule is Cc1cc2c3c(c1)N(c1ccc(C(C)(C)C)cc1)c1c(oc4cc5c(cc14)C(C)(C)CCC5(C)C)B3c1cc3c(cc1N2c1cc(-c2c(C)cccc2C)ccc1C)C(C)(C)CCC3(C)C. The van der Waals surface area contributed by atoms with Crippen molar-refractivity contribution < 1.29 is 4.42 Å². The Kier molecular flexibility index (Phi) is 9.17. The maximum absolute atomic E-state index is 7.63. The maximum Gasteiger partial charge on any atom is 0.297 e. The first-order valence-electron chi connectivity index (χ1n) is 24.8. The Hall–Kier alpha value is -5.48. The van der Waals surface area contributed by atoms with Gasteiger partial charge in [-0.2, -0.15) is 0 Å². The van der Waals surface area contributed by atoms with E-state index in [0.29, 0.717) is 0 Å². The second-order valence-corrected chi connectivity index (χ2v) is 24.6. The van der Waals surface area contributed by atoms with Crippen LogP contribution in [0.2, 0.25) is 0 Å². The van der Waals surface area contributed by atoms with Gasteiger partial charge in [0.25, 0.3) is 6.71 Å². The lowest BCUT2D eigenvalue weighted by atomic mass is 9.35. The molecule has 0 saturated heterocycles. The molecule has 0 fully saturated rings. The summed E-state index contributed by atoms with van der Waals surface area (Å²) in [6, 6.07) is 38.4. The Balaban J connectivity index is 1.27. The summed E-state index contributed by atoms with van der Waals surface area (Å²) in [5.41, 5.74) is 27.1. The molecule has 6 aromatic carbocycles. The molecule has 3 nitrogen and oxygen atoms in total. The highest BCUT2D eigenvalue weighted by Gasteiger charge is 2.50. The van der Waals surface area contributed by atoms with Gasteiger partial charge in [-0.3, -0.25) is 0 Å². The summed E-state index contributed by atoms with van der Waals surface area (Å²) in [7, 11) is 0. The summed E-state index contributed by atoms with van der Waals surface area (Å²) in [4.78, 5) is 5.23. The number of furan rings is 1. The highest BCUT2D eigenvalue weighted by Crippen LogP contribution is 2.54. The first-order chi connectivity index (χ1) is 31.0. The zero-order valence-corrected chi connectivity index (χ0v) is 42.4. The van der Waals surface area contributed by atoms with Gasteiger partial charge in [0, 0.05) is 33.8 Å². The molecule has 0 bridgehead atoms. The third-order valence-electron chi connectivity index (χ3n) is 17.0. The molecule has 11 rings (SSSR count). The number of hydrogen-bond donors (Lipinski definition) is 0. The lowest BCUT2D eigenvalue weighted by Crippen LogP contribution is -2.61. The molecule has 2 aliphatic heterocycles. The van der Waals surface area contributed by atoms with Crippen molar-refractivity contribution in [1.29, 1.82) is 0 Å². The standard InChI is InChI=1S/C62H69BN2O/c1-36-29-51-55-52(30-36)65(49-31-40(20-19-37(49)2)54-38(3)17-16-18-39(54)4)50-34-46-45(60(10,11)26-27-61(46,12)13)33-48(50)63(55)57-56(64(51)42-23-21-41(22-24-42)58(5,6)7)43-32-44-47(35-53(43)66-57)62(14,15)28-25-59(44,8)9/h16-24,29-35H,25-28H2,1-15H3. The predicted octanol–water partition coefficient (Wildman–Crippen LogP) is 15.4. The van der Waals surface area contributed by atoms with Crippen molar-refractivity contribution in [3.63, 3.8) is 0 Å². The maximum atomic E-state index is 7.63. The van der Waals surface area contributed by atoms with Gasteiger partial charge in [0.05, 0.1) is 11.3 Å². The zero-order valence-electron chi connectivity index (χ0n) is 42.4. The van der Waals surface area contributed by atoms with E-state index in [1.54, 1.807) is 0 Å². The Morgan fingerprint density at radius 3 is 1.67 bits per heavy atom. The fraction of sp³-hybridized carbons (Fsp3) is 0.387. The van der Waals surface area contributed by atoms with E-state index < -0.39 is 0 Å². The van der Waals surface area contributed by atoms with Gasteiger partial charge < -0.3 is 14.2 Å². The van der Waals surface area contributed by atoms with Crippen molar-refractivity contribution >= 4 is 68.4 Å². The Morgan fingerprint density at radius 1 is 0.530 bits per heavy atom. The van der Waals surface area contributed by atoms with Gasteiger partial charge in [0.2, 0.25) is 0 Å². The molecule has 0 radical (unpaired) electrons. The molecule has 0 atom stereocenters. The molecule has 0 spiro atoms. The summed E-state index contributed by atoms with van der Waals surface area (Å²) in [5, 5.41) is 1.21. The minimum absolute atomic E-state index is 0.0295. The molecule has 66 heavy (non-hydrogen) atoms. The number of fused-ring (bicyclic) bond motifs is 8. The van der Waals surface area contributed by atoms with E-state index in [0.717, 1.165) is 42.6 Å². The molecule has 7 aromatic rings. The molecular weight excluding hydrogens is 800 g/mol.